The summed E-state index contributed by atoms with van der Waals surface area (Å²) in [6.07, 6.45) is 3.95. The molecule has 2 aliphatic rings. The van der Waals surface area contributed by atoms with Crippen LogP contribution < -0.4 is 10.2 Å². The third-order valence-corrected chi connectivity index (χ3v) is 4.37. The molecule has 1 aromatic heterocycles. The maximum atomic E-state index is 12.3. The first kappa shape index (κ1) is 16.7. The molecule has 130 valence electrons. The monoisotopic (exact) mass is 333 g/mol. The van der Waals surface area contributed by atoms with E-state index in [4.69, 9.17) is 9.47 Å². The molecular weight excluding hydrogens is 310 g/mol. The van der Waals surface area contributed by atoms with E-state index in [1.807, 2.05) is 11.8 Å². The van der Waals surface area contributed by atoms with Crippen LogP contribution in [0.4, 0.5) is 5.82 Å². The third kappa shape index (κ3) is 4.23. The molecule has 1 aliphatic heterocycles. The molecule has 0 radical (unpaired) electrons. The van der Waals surface area contributed by atoms with Crippen molar-refractivity contribution in [3.05, 3.63) is 23.9 Å². The van der Waals surface area contributed by atoms with Crippen molar-refractivity contribution in [3.8, 4) is 0 Å². The minimum atomic E-state index is -0.529. The van der Waals surface area contributed by atoms with E-state index in [1.165, 1.54) is 0 Å². The summed E-state index contributed by atoms with van der Waals surface area (Å²) in [5, 5.41) is 2.87. The first-order valence-electron chi connectivity index (χ1n) is 8.39. The minimum Gasteiger partial charge on any atom is -0.452 e. The van der Waals surface area contributed by atoms with Gasteiger partial charge in [0, 0.05) is 25.3 Å². The predicted octanol–water partition coefficient (Wildman–Crippen LogP) is 0.990. The highest BCUT2D eigenvalue weighted by molar-refractivity contribution is 5.96. The van der Waals surface area contributed by atoms with E-state index in [0.717, 1.165) is 12.8 Å². The van der Waals surface area contributed by atoms with Gasteiger partial charge in [-0.15, -0.1) is 0 Å². The van der Waals surface area contributed by atoms with Crippen molar-refractivity contribution in [3.63, 3.8) is 0 Å². The van der Waals surface area contributed by atoms with Crippen LogP contribution in [0, 0.1) is 5.92 Å². The van der Waals surface area contributed by atoms with Crippen LogP contribution in [-0.2, 0) is 14.3 Å². The van der Waals surface area contributed by atoms with Crippen molar-refractivity contribution in [2.75, 3.05) is 37.8 Å². The summed E-state index contributed by atoms with van der Waals surface area (Å²) in [6.45, 7) is 4.27. The van der Waals surface area contributed by atoms with Gasteiger partial charge in [0.05, 0.1) is 13.2 Å². The fraction of sp³-hybridized carbons (Fsp3) is 0.588. The first-order valence-corrected chi connectivity index (χ1v) is 8.39. The Morgan fingerprint density at radius 1 is 1.42 bits per heavy atom. The second-order valence-corrected chi connectivity index (χ2v) is 6.24. The van der Waals surface area contributed by atoms with E-state index in [9.17, 15) is 9.59 Å². The van der Waals surface area contributed by atoms with Crippen LogP contribution in [0.2, 0.25) is 0 Å². The van der Waals surface area contributed by atoms with Crippen molar-refractivity contribution in [2.24, 2.45) is 5.92 Å². The number of amides is 1. The summed E-state index contributed by atoms with van der Waals surface area (Å²) in [7, 11) is 0. The van der Waals surface area contributed by atoms with Crippen LogP contribution >= 0.6 is 0 Å². The van der Waals surface area contributed by atoms with Crippen LogP contribution in [0.5, 0.6) is 0 Å². The number of esters is 1. The maximum Gasteiger partial charge on any atom is 0.342 e. The average molecular weight is 333 g/mol. The van der Waals surface area contributed by atoms with Gasteiger partial charge in [-0.2, -0.15) is 0 Å². The number of pyridine rings is 1. The van der Waals surface area contributed by atoms with Crippen molar-refractivity contribution < 1.29 is 19.1 Å². The number of carbonyl (C=O) groups excluding carboxylic acids is 2. The van der Waals surface area contributed by atoms with E-state index in [-0.39, 0.29) is 18.6 Å². The molecule has 3 rings (SSSR count). The first-order chi connectivity index (χ1) is 11.6. The molecule has 24 heavy (non-hydrogen) atoms. The lowest BCUT2D eigenvalue weighted by Gasteiger charge is -2.28. The van der Waals surface area contributed by atoms with Gasteiger partial charge in [0.25, 0.3) is 5.91 Å². The zero-order valence-electron chi connectivity index (χ0n) is 13.9. The molecule has 2 heterocycles. The number of carbonyl (C=O) groups is 2. The number of morpholine rings is 1. The molecule has 0 bridgehead atoms. The molecule has 2 fully saturated rings. The number of aromatic nitrogens is 1. The molecule has 1 aliphatic carbocycles. The van der Waals surface area contributed by atoms with Gasteiger partial charge in [0.15, 0.2) is 6.61 Å². The normalized spacial score (nSPS) is 18.8. The van der Waals surface area contributed by atoms with E-state index in [1.54, 1.807) is 18.3 Å². The Kier molecular flexibility index (Phi) is 5.30. The second kappa shape index (κ2) is 7.61. The summed E-state index contributed by atoms with van der Waals surface area (Å²) in [5.41, 5.74) is 0.377. The number of ether oxygens (including phenoxy) is 2. The molecule has 1 saturated carbocycles. The van der Waals surface area contributed by atoms with Gasteiger partial charge in [0.1, 0.15) is 11.4 Å². The Balaban J connectivity index is 1.57. The second-order valence-electron chi connectivity index (χ2n) is 6.24. The molecule has 0 spiro atoms. The summed E-state index contributed by atoms with van der Waals surface area (Å²) in [5.74, 6) is 0.354. The lowest BCUT2D eigenvalue weighted by Crippen LogP contribution is -2.38. The molecule has 1 amide bonds. The summed E-state index contributed by atoms with van der Waals surface area (Å²) < 4.78 is 10.5. The van der Waals surface area contributed by atoms with Gasteiger partial charge in [-0.05, 0) is 37.8 Å². The van der Waals surface area contributed by atoms with Crippen LogP contribution in [0.15, 0.2) is 18.3 Å². The van der Waals surface area contributed by atoms with Gasteiger partial charge in [-0.3, -0.25) is 4.79 Å². The van der Waals surface area contributed by atoms with Crippen molar-refractivity contribution in [2.45, 2.75) is 25.8 Å². The standard InChI is InChI=1S/C17H23N3O4/c1-12(13-4-5-13)19-15(21)11-24-17(22)14-3-2-6-18-16(14)20-7-9-23-10-8-20/h2-3,6,12-13H,4-5,7-11H2,1H3,(H,19,21)/t12-/m0/s1. The van der Waals surface area contributed by atoms with Crippen LogP contribution in [0.1, 0.15) is 30.1 Å². The molecule has 7 heteroatoms. The molecule has 7 nitrogen and oxygen atoms in total. The lowest BCUT2D eigenvalue weighted by atomic mass is 10.2. The van der Waals surface area contributed by atoms with E-state index in [0.29, 0.717) is 43.6 Å². The Hall–Kier alpha value is -2.15. The van der Waals surface area contributed by atoms with Gasteiger partial charge in [0.2, 0.25) is 0 Å². The van der Waals surface area contributed by atoms with Crippen LogP contribution in [-0.4, -0.2) is 55.8 Å². The smallest absolute Gasteiger partial charge is 0.342 e. The average Bonchev–Trinajstić information content (AvgIpc) is 3.45. The van der Waals surface area contributed by atoms with Crippen molar-refractivity contribution in [1.29, 1.82) is 0 Å². The number of hydrogen-bond acceptors (Lipinski definition) is 6. The number of nitrogens with one attached hydrogen (secondary N) is 1. The Morgan fingerprint density at radius 3 is 2.88 bits per heavy atom. The Bertz CT molecular complexity index is 597. The molecule has 1 saturated heterocycles. The fourth-order valence-electron chi connectivity index (χ4n) is 2.80. The largest absolute Gasteiger partial charge is 0.452 e. The predicted molar refractivity (Wildman–Crippen MR) is 87.9 cm³/mol. The third-order valence-electron chi connectivity index (χ3n) is 4.37. The fourth-order valence-corrected chi connectivity index (χ4v) is 2.80. The van der Waals surface area contributed by atoms with Gasteiger partial charge < -0.3 is 19.7 Å². The molecule has 0 unspecified atom stereocenters. The molecule has 1 aromatic rings. The Morgan fingerprint density at radius 2 is 2.17 bits per heavy atom. The van der Waals surface area contributed by atoms with E-state index < -0.39 is 5.97 Å². The zero-order valence-corrected chi connectivity index (χ0v) is 13.9. The quantitative estimate of drug-likeness (QED) is 0.782. The molecule has 1 N–H and O–H groups in total. The maximum absolute atomic E-state index is 12.3. The number of anilines is 1. The zero-order chi connectivity index (χ0) is 16.9. The number of rotatable bonds is 6. The highest BCUT2D eigenvalue weighted by Gasteiger charge is 2.29. The molecule has 0 aromatic carbocycles. The molecule has 1 atom stereocenters. The lowest BCUT2D eigenvalue weighted by molar-refractivity contribution is -0.124. The number of nitrogens with zero attached hydrogens (tertiary/aromatic N) is 2. The van der Waals surface area contributed by atoms with Crippen molar-refractivity contribution >= 4 is 17.7 Å². The minimum absolute atomic E-state index is 0.138. The summed E-state index contributed by atoms with van der Waals surface area (Å²) in [4.78, 5) is 30.5. The highest BCUT2D eigenvalue weighted by atomic mass is 16.5. The highest BCUT2D eigenvalue weighted by Crippen LogP contribution is 2.32. The van der Waals surface area contributed by atoms with E-state index >= 15 is 0 Å². The van der Waals surface area contributed by atoms with Crippen molar-refractivity contribution in [1.82, 2.24) is 10.3 Å². The molecular formula is C17H23N3O4. The summed E-state index contributed by atoms with van der Waals surface area (Å²) in [6, 6.07) is 3.50. The Labute approximate surface area is 141 Å². The topological polar surface area (TPSA) is 80.8 Å². The van der Waals surface area contributed by atoms with Crippen LogP contribution in [0.3, 0.4) is 0 Å². The summed E-state index contributed by atoms with van der Waals surface area (Å²) >= 11 is 0. The van der Waals surface area contributed by atoms with Gasteiger partial charge >= 0.3 is 5.97 Å². The van der Waals surface area contributed by atoms with Crippen LogP contribution in [0.25, 0.3) is 0 Å². The SMILES string of the molecule is C[C@H](NC(=O)COC(=O)c1cccnc1N1CCOCC1)C1CC1. The number of hydrogen-bond donors (Lipinski definition) is 1. The van der Waals surface area contributed by atoms with Gasteiger partial charge in [-0.25, -0.2) is 9.78 Å². The van der Waals surface area contributed by atoms with E-state index in [2.05, 4.69) is 10.3 Å². The van der Waals surface area contributed by atoms with Gasteiger partial charge in [-0.1, -0.05) is 0 Å².